The van der Waals surface area contributed by atoms with Crippen molar-refractivity contribution in [2.45, 2.75) is 38.6 Å². The molecule has 1 heterocycles. The summed E-state index contributed by atoms with van der Waals surface area (Å²) < 4.78 is 4.85. The van der Waals surface area contributed by atoms with Gasteiger partial charge in [-0.2, -0.15) is 0 Å². The van der Waals surface area contributed by atoms with Crippen LogP contribution in [0.2, 0.25) is 0 Å². The summed E-state index contributed by atoms with van der Waals surface area (Å²) in [5.41, 5.74) is -1.11. The number of amides is 1. The molecule has 0 bridgehead atoms. The molecule has 1 aliphatic rings. The lowest BCUT2D eigenvalue weighted by Crippen LogP contribution is -2.57. The number of likely N-dealkylation sites (tertiary alicyclic amines) is 1. The van der Waals surface area contributed by atoms with Crippen LogP contribution in [-0.2, 0) is 9.53 Å². The number of piperidine rings is 1. The maximum atomic E-state index is 11.6. The van der Waals surface area contributed by atoms with E-state index in [1.807, 2.05) is 0 Å². The standard InChI is InChI=1S/C10H17NO4/c1-3-15-9(14)11-7-5-4-6-10(11,2)8(12)13/h3-7H2,1-2H3,(H,12,13). The Labute approximate surface area is 89.0 Å². The Morgan fingerprint density at radius 3 is 2.67 bits per heavy atom. The van der Waals surface area contributed by atoms with E-state index in [9.17, 15) is 9.59 Å². The number of carbonyl (C=O) groups excluding carboxylic acids is 1. The van der Waals surface area contributed by atoms with E-state index < -0.39 is 17.6 Å². The van der Waals surface area contributed by atoms with Gasteiger partial charge in [0.2, 0.25) is 0 Å². The van der Waals surface area contributed by atoms with Crippen molar-refractivity contribution in [1.29, 1.82) is 0 Å². The van der Waals surface area contributed by atoms with Gasteiger partial charge in [0.15, 0.2) is 0 Å². The third kappa shape index (κ3) is 2.22. The van der Waals surface area contributed by atoms with Crippen molar-refractivity contribution in [1.82, 2.24) is 4.90 Å². The van der Waals surface area contributed by atoms with Gasteiger partial charge in [-0.3, -0.25) is 4.90 Å². The first-order chi connectivity index (χ1) is 7.02. The molecule has 1 unspecified atom stereocenters. The Kier molecular flexibility index (Phi) is 3.55. The molecule has 1 amide bonds. The van der Waals surface area contributed by atoms with E-state index in [2.05, 4.69) is 0 Å². The molecule has 0 aromatic heterocycles. The minimum Gasteiger partial charge on any atom is -0.480 e. The average Bonchev–Trinajstić information content (AvgIpc) is 2.18. The van der Waals surface area contributed by atoms with E-state index in [0.29, 0.717) is 13.0 Å². The van der Waals surface area contributed by atoms with Crippen molar-refractivity contribution in [3.8, 4) is 0 Å². The molecule has 1 rings (SSSR count). The number of carboxylic acid groups (broad SMARTS) is 1. The normalized spacial score (nSPS) is 26.1. The Hall–Kier alpha value is -1.26. The van der Waals surface area contributed by atoms with Crippen LogP contribution in [-0.4, -0.2) is 40.8 Å². The van der Waals surface area contributed by atoms with Gasteiger partial charge in [-0.1, -0.05) is 0 Å². The van der Waals surface area contributed by atoms with Crippen molar-refractivity contribution in [3.63, 3.8) is 0 Å². The van der Waals surface area contributed by atoms with Crippen LogP contribution in [0.3, 0.4) is 0 Å². The molecular weight excluding hydrogens is 198 g/mol. The first kappa shape index (κ1) is 11.8. The number of carbonyl (C=O) groups is 2. The monoisotopic (exact) mass is 215 g/mol. The van der Waals surface area contributed by atoms with Crippen LogP contribution in [0.25, 0.3) is 0 Å². The number of rotatable bonds is 2. The van der Waals surface area contributed by atoms with Crippen LogP contribution >= 0.6 is 0 Å². The Morgan fingerprint density at radius 2 is 2.13 bits per heavy atom. The van der Waals surface area contributed by atoms with Crippen LogP contribution in [0.4, 0.5) is 4.79 Å². The lowest BCUT2D eigenvalue weighted by Gasteiger charge is -2.40. The summed E-state index contributed by atoms with van der Waals surface area (Å²) in [5.74, 6) is -0.963. The summed E-state index contributed by atoms with van der Waals surface area (Å²) in [6.45, 7) is 4.01. The van der Waals surface area contributed by atoms with E-state index in [1.54, 1.807) is 13.8 Å². The zero-order chi connectivity index (χ0) is 11.5. The molecule has 86 valence electrons. The van der Waals surface area contributed by atoms with Gasteiger partial charge in [0.05, 0.1) is 6.61 Å². The van der Waals surface area contributed by atoms with Gasteiger partial charge >= 0.3 is 12.1 Å². The number of carboxylic acids is 1. The van der Waals surface area contributed by atoms with Crippen LogP contribution in [0.15, 0.2) is 0 Å². The Balaban J connectivity index is 2.82. The largest absolute Gasteiger partial charge is 0.480 e. The van der Waals surface area contributed by atoms with Crippen molar-refractivity contribution in [2.24, 2.45) is 0 Å². The van der Waals surface area contributed by atoms with E-state index in [-0.39, 0.29) is 6.61 Å². The summed E-state index contributed by atoms with van der Waals surface area (Å²) in [5, 5.41) is 9.14. The molecule has 1 fully saturated rings. The van der Waals surface area contributed by atoms with Crippen molar-refractivity contribution in [3.05, 3.63) is 0 Å². The third-order valence-corrected chi connectivity index (χ3v) is 2.84. The SMILES string of the molecule is CCOC(=O)N1CCCCC1(C)C(=O)O. The first-order valence-electron chi connectivity index (χ1n) is 5.20. The second-order valence-corrected chi connectivity index (χ2v) is 3.89. The predicted molar refractivity (Wildman–Crippen MR) is 53.6 cm³/mol. The molecule has 1 saturated heterocycles. The molecule has 15 heavy (non-hydrogen) atoms. The van der Waals surface area contributed by atoms with E-state index in [1.165, 1.54) is 4.90 Å². The van der Waals surface area contributed by atoms with E-state index >= 15 is 0 Å². The number of aliphatic carboxylic acids is 1. The Bertz CT molecular complexity index is 266. The van der Waals surface area contributed by atoms with Crippen molar-refractivity contribution in [2.75, 3.05) is 13.2 Å². The number of hydrogen-bond donors (Lipinski definition) is 1. The fraction of sp³-hybridized carbons (Fsp3) is 0.800. The third-order valence-electron chi connectivity index (χ3n) is 2.84. The summed E-state index contributed by atoms with van der Waals surface area (Å²) >= 11 is 0. The van der Waals surface area contributed by atoms with Crippen molar-refractivity contribution < 1.29 is 19.4 Å². The second kappa shape index (κ2) is 4.51. The summed E-state index contributed by atoms with van der Waals surface area (Å²) in [4.78, 5) is 24.0. The minimum absolute atomic E-state index is 0.269. The molecule has 0 aromatic rings. The topological polar surface area (TPSA) is 66.8 Å². The molecule has 0 spiro atoms. The highest BCUT2D eigenvalue weighted by Gasteiger charge is 2.44. The zero-order valence-corrected chi connectivity index (χ0v) is 9.15. The van der Waals surface area contributed by atoms with E-state index in [4.69, 9.17) is 9.84 Å². The zero-order valence-electron chi connectivity index (χ0n) is 9.15. The van der Waals surface area contributed by atoms with Gasteiger partial charge < -0.3 is 9.84 Å². The highest BCUT2D eigenvalue weighted by Crippen LogP contribution is 2.28. The van der Waals surface area contributed by atoms with Crippen LogP contribution in [0, 0.1) is 0 Å². The van der Waals surface area contributed by atoms with E-state index in [0.717, 1.165) is 12.8 Å². The summed E-state index contributed by atoms with van der Waals surface area (Å²) in [6, 6.07) is 0. The van der Waals surface area contributed by atoms with Crippen LogP contribution in [0.1, 0.15) is 33.1 Å². The minimum atomic E-state index is -1.11. The molecule has 0 aliphatic carbocycles. The smallest absolute Gasteiger partial charge is 0.410 e. The molecule has 0 aromatic carbocycles. The lowest BCUT2D eigenvalue weighted by molar-refractivity contribution is -0.151. The molecule has 1 N–H and O–H groups in total. The molecule has 5 heteroatoms. The lowest BCUT2D eigenvalue weighted by atomic mass is 9.89. The molecule has 1 atom stereocenters. The van der Waals surface area contributed by atoms with Crippen LogP contribution < -0.4 is 0 Å². The van der Waals surface area contributed by atoms with Gasteiger partial charge in [-0.05, 0) is 33.1 Å². The van der Waals surface area contributed by atoms with Gasteiger partial charge in [0, 0.05) is 6.54 Å². The number of nitrogens with zero attached hydrogens (tertiary/aromatic N) is 1. The maximum Gasteiger partial charge on any atom is 0.410 e. The van der Waals surface area contributed by atoms with Gasteiger partial charge in [0.25, 0.3) is 0 Å². The molecule has 0 saturated carbocycles. The average molecular weight is 215 g/mol. The van der Waals surface area contributed by atoms with Gasteiger partial charge in [-0.25, -0.2) is 9.59 Å². The molecular formula is C10H17NO4. The van der Waals surface area contributed by atoms with Gasteiger partial charge in [-0.15, -0.1) is 0 Å². The molecule has 1 aliphatic heterocycles. The molecule has 5 nitrogen and oxygen atoms in total. The van der Waals surface area contributed by atoms with Crippen molar-refractivity contribution >= 4 is 12.1 Å². The first-order valence-corrected chi connectivity index (χ1v) is 5.20. The second-order valence-electron chi connectivity index (χ2n) is 3.89. The van der Waals surface area contributed by atoms with Crippen LogP contribution in [0.5, 0.6) is 0 Å². The number of hydrogen-bond acceptors (Lipinski definition) is 3. The fourth-order valence-corrected chi connectivity index (χ4v) is 1.84. The highest BCUT2D eigenvalue weighted by molar-refractivity contribution is 5.84. The quantitative estimate of drug-likeness (QED) is 0.757. The predicted octanol–water partition coefficient (Wildman–Crippen LogP) is 1.47. The van der Waals surface area contributed by atoms with Gasteiger partial charge in [0.1, 0.15) is 5.54 Å². The maximum absolute atomic E-state index is 11.6. The Morgan fingerprint density at radius 1 is 1.47 bits per heavy atom. The highest BCUT2D eigenvalue weighted by atomic mass is 16.6. The molecule has 0 radical (unpaired) electrons. The summed E-state index contributed by atoms with van der Waals surface area (Å²) in [6.07, 6.45) is 1.63. The summed E-state index contributed by atoms with van der Waals surface area (Å²) in [7, 11) is 0. The fourth-order valence-electron chi connectivity index (χ4n) is 1.84. The number of ether oxygens (including phenoxy) is 1.